The minimum atomic E-state index is -1.90. The number of aliphatic hydroxyl groups is 2. The first-order valence-electron chi connectivity index (χ1n) is 14.4. The van der Waals surface area contributed by atoms with Gasteiger partial charge in [0.05, 0.1) is 29.4 Å². The van der Waals surface area contributed by atoms with Crippen molar-refractivity contribution >= 4 is 35.8 Å². The van der Waals surface area contributed by atoms with Crippen LogP contribution in [0.3, 0.4) is 0 Å². The van der Waals surface area contributed by atoms with Crippen LogP contribution in [0.5, 0.6) is 17.2 Å². The normalized spacial score (nSPS) is 26.7. The number of ether oxygens (including phenoxy) is 3. The molecule has 1 heterocycles. The van der Waals surface area contributed by atoms with Gasteiger partial charge in [0.25, 0.3) is 0 Å². The summed E-state index contributed by atoms with van der Waals surface area (Å²) in [4.78, 5) is 39.6. The van der Waals surface area contributed by atoms with E-state index in [1.807, 2.05) is 0 Å². The number of carbonyl (C=O) groups excluding carboxylic acids is 3. The largest absolute Gasteiger partial charge is 0.508 e. The second-order valence-electron chi connectivity index (χ2n) is 11.7. The highest BCUT2D eigenvalue weighted by molar-refractivity contribution is 6.30. The summed E-state index contributed by atoms with van der Waals surface area (Å²) in [5.74, 6) is -2.65. The van der Waals surface area contributed by atoms with Crippen molar-refractivity contribution in [3.05, 3.63) is 81.9 Å². The maximum atomic E-state index is 13.5. The Labute approximate surface area is 268 Å². The second kappa shape index (κ2) is 12.5. The summed E-state index contributed by atoms with van der Waals surface area (Å²) in [6, 6.07) is 11.1. The number of amides is 1. The van der Waals surface area contributed by atoms with Crippen LogP contribution in [-0.2, 0) is 20.6 Å². The molecule has 1 amide bonds. The number of phenols is 3. The highest BCUT2D eigenvalue weighted by atomic mass is 35.5. The summed E-state index contributed by atoms with van der Waals surface area (Å²) >= 11 is 0. The van der Waals surface area contributed by atoms with Crippen molar-refractivity contribution in [1.82, 2.24) is 0 Å². The molecular formula is C32H33ClN2O11. The van der Waals surface area contributed by atoms with Crippen molar-refractivity contribution in [3.8, 4) is 17.2 Å². The molecule has 46 heavy (non-hydrogen) atoms. The summed E-state index contributed by atoms with van der Waals surface area (Å²) in [6.07, 6.45) is -5.54. The summed E-state index contributed by atoms with van der Waals surface area (Å²) in [7, 11) is 0. The molecule has 244 valence electrons. The van der Waals surface area contributed by atoms with Crippen molar-refractivity contribution in [1.29, 1.82) is 0 Å². The Morgan fingerprint density at radius 3 is 2.33 bits per heavy atom. The Morgan fingerprint density at radius 1 is 1.04 bits per heavy atom. The minimum absolute atomic E-state index is 0. The van der Waals surface area contributed by atoms with Gasteiger partial charge in [-0.1, -0.05) is 30.3 Å². The third-order valence-corrected chi connectivity index (χ3v) is 8.48. The van der Waals surface area contributed by atoms with Gasteiger partial charge in [-0.05, 0) is 19.1 Å². The molecule has 13 nitrogen and oxygen atoms in total. The van der Waals surface area contributed by atoms with Crippen molar-refractivity contribution in [2.24, 2.45) is 5.73 Å². The number of nitrogens with two attached hydrogens (primary N) is 1. The van der Waals surface area contributed by atoms with E-state index in [1.54, 1.807) is 19.1 Å². The number of nitrogens with one attached hydrogen (secondary N) is 1. The van der Waals surface area contributed by atoms with Gasteiger partial charge in [0, 0.05) is 59.3 Å². The number of rotatable bonds is 5. The lowest BCUT2D eigenvalue weighted by atomic mass is 9.73. The Morgan fingerprint density at radius 2 is 1.70 bits per heavy atom. The Kier molecular flexibility index (Phi) is 9.01. The lowest BCUT2D eigenvalue weighted by molar-refractivity contribution is -0.248. The van der Waals surface area contributed by atoms with Crippen LogP contribution in [0, 0.1) is 0 Å². The third kappa shape index (κ3) is 5.88. The predicted molar refractivity (Wildman–Crippen MR) is 163 cm³/mol. The van der Waals surface area contributed by atoms with Crippen LogP contribution < -0.4 is 11.1 Å². The quantitative estimate of drug-likeness (QED) is 0.154. The molecule has 1 aliphatic heterocycles. The molecule has 6 atom stereocenters. The number of benzene rings is 3. The Bertz CT molecular complexity index is 1700. The molecule has 3 aromatic rings. The van der Waals surface area contributed by atoms with E-state index in [1.165, 1.54) is 36.4 Å². The average Bonchev–Trinajstić information content (AvgIpc) is 2.99. The van der Waals surface area contributed by atoms with Crippen molar-refractivity contribution in [3.63, 3.8) is 0 Å². The van der Waals surface area contributed by atoms with Crippen LogP contribution in [0.2, 0.25) is 0 Å². The molecule has 1 saturated heterocycles. The van der Waals surface area contributed by atoms with Gasteiger partial charge < -0.3 is 45.5 Å². The van der Waals surface area contributed by atoms with Gasteiger partial charge in [-0.2, -0.15) is 0 Å². The van der Waals surface area contributed by atoms with Crippen LogP contribution in [0.15, 0.2) is 48.5 Å². The van der Waals surface area contributed by atoms with Crippen molar-refractivity contribution < 1.29 is 54.1 Å². The first kappa shape index (κ1) is 33.1. The second-order valence-corrected chi connectivity index (χ2v) is 11.7. The average molecular weight is 657 g/mol. The monoisotopic (exact) mass is 656 g/mol. The van der Waals surface area contributed by atoms with Gasteiger partial charge in [-0.15, -0.1) is 12.4 Å². The Balaban J connectivity index is 0.00000417. The molecule has 0 bridgehead atoms. The molecule has 8 N–H and O–H groups in total. The van der Waals surface area contributed by atoms with E-state index in [-0.39, 0.29) is 64.5 Å². The first-order chi connectivity index (χ1) is 21.4. The van der Waals surface area contributed by atoms with E-state index in [4.69, 9.17) is 19.9 Å². The number of hydrogen-bond acceptors (Lipinski definition) is 12. The molecule has 2 aliphatic carbocycles. The third-order valence-electron chi connectivity index (χ3n) is 8.48. The zero-order valence-corrected chi connectivity index (χ0v) is 25.3. The molecule has 0 aromatic heterocycles. The highest BCUT2D eigenvalue weighted by Gasteiger charge is 2.48. The van der Waals surface area contributed by atoms with E-state index in [2.05, 4.69) is 5.32 Å². The summed E-state index contributed by atoms with van der Waals surface area (Å²) < 4.78 is 17.3. The van der Waals surface area contributed by atoms with Crippen LogP contribution in [0.4, 0.5) is 10.5 Å². The molecule has 0 unspecified atom stereocenters. The minimum Gasteiger partial charge on any atom is -0.508 e. The zero-order valence-electron chi connectivity index (χ0n) is 24.5. The van der Waals surface area contributed by atoms with E-state index in [0.717, 1.165) is 0 Å². The number of phenolic OH excluding ortho intramolecular Hbond substituents is 3. The summed E-state index contributed by atoms with van der Waals surface area (Å²) in [5.41, 5.74) is 3.63. The van der Waals surface area contributed by atoms with Gasteiger partial charge in [-0.3, -0.25) is 14.9 Å². The van der Waals surface area contributed by atoms with E-state index in [0.29, 0.717) is 0 Å². The number of halogens is 1. The fourth-order valence-electron chi connectivity index (χ4n) is 6.28. The van der Waals surface area contributed by atoms with Crippen LogP contribution in [-0.4, -0.2) is 79.9 Å². The van der Waals surface area contributed by atoms with Gasteiger partial charge >= 0.3 is 6.09 Å². The predicted octanol–water partition coefficient (Wildman–Crippen LogP) is 2.81. The standard InChI is InChI=1S/C32H32N2O11.ClH/c1-14-26(36)20(33)10-22(44-14)45-21-12-32(42,13-43-31(41)34-15-5-4-6-16(35)9-15)11-19-23(21)30(40)25-24(29(19)39)27(37)17-7-2-3-8-18(17)28(25)38;/h2-9,14,20-22,26,35-36,39-40,42H,10-13,33H2,1H3,(H,34,41);1H/t14-,20-,21-,22-,26+,32-;/m0./s1. The van der Waals surface area contributed by atoms with Crippen LogP contribution >= 0.6 is 12.4 Å². The van der Waals surface area contributed by atoms with Crippen LogP contribution in [0.1, 0.15) is 68.8 Å². The van der Waals surface area contributed by atoms with Gasteiger partial charge in [0.2, 0.25) is 0 Å². The van der Waals surface area contributed by atoms with Crippen molar-refractivity contribution in [2.45, 2.75) is 62.4 Å². The lowest BCUT2D eigenvalue weighted by Gasteiger charge is -2.42. The lowest BCUT2D eigenvalue weighted by Crippen LogP contribution is -2.52. The van der Waals surface area contributed by atoms with Gasteiger partial charge in [0.15, 0.2) is 17.9 Å². The summed E-state index contributed by atoms with van der Waals surface area (Å²) in [6.45, 7) is 0.996. The van der Waals surface area contributed by atoms with E-state index >= 15 is 0 Å². The number of anilines is 1. The molecular weight excluding hydrogens is 624 g/mol. The molecule has 3 aliphatic rings. The number of ketones is 2. The maximum Gasteiger partial charge on any atom is 0.411 e. The molecule has 0 radical (unpaired) electrons. The van der Waals surface area contributed by atoms with Gasteiger partial charge in [-0.25, -0.2) is 4.79 Å². The molecule has 14 heteroatoms. The number of fused-ring (bicyclic) bond motifs is 3. The molecule has 3 aromatic carbocycles. The van der Waals surface area contributed by atoms with Crippen molar-refractivity contribution in [2.75, 3.05) is 11.9 Å². The van der Waals surface area contributed by atoms with Crippen LogP contribution in [0.25, 0.3) is 0 Å². The van der Waals surface area contributed by atoms with E-state index in [9.17, 15) is 39.9 Å². The zero-order chi connectivity index (χ0) is 32.2. The Hall–Kier alpha value is -4.24. The number of aromatic hydroxyl groups is 3. The molecule has 0 spiro atoms. The number of aliphatic hydroxyl groups excluding tert-OH is 1. The van der Waals surface area contributed by atoms with Gasteiger partial charge in [0.1, 0.15) is 29.5 Å². The number of carbonyl (C=O) groups is 3. The maximum absolute atomic E-state index is 13.5. The SMILES string of the molecule is C[C@@H]1O[C@@H](O[C@H]2C[C@](O)(COC(=O)Nc3cccc(O)c3)Cc3c(O)c4c(c(O)c32)C(=O)c2ccccc2C4=O)C[C@H](N)[C@@H]1O.Cl. The summed E-state index contributed by atoms with van der Waals surface area (Å²) in [5, 5.41) is 57.2. The topological polar surface area (TPSA) is 218 Å². The molecule has 1 fully saturated rings. The fraction of sp³-hybridized carbons (Fsp3) is 0.344. The fourth-order valence-corrected chi connectivity index (χ4v) is 6.28. The first-order valence-corrected chi connectivity index (χ1v) is 14.4. The molecule has 0 saturated carbocycles. The highest BCUT2D eigenvalue weighted by Crippen LogP contribution is 2.52. The number of hydrogen-bond donors (Lipinski definition) is 7. The molecule has 6 rings (SSSR count). The van der Waals surface area contributed by atoms with E-state index < -0.39 is 84.0 Å². The smallest absolute Gasteiger partial charge is 0.411 e.